The van der Waals surface area contributed by atoms with Gasteiger partial charge in [-0.25, -0.2) is 0 Å². The lowest BCUT2D eigenvalue weighted by atomic mass is 10.0. The first-order valence-corrected chi connectivity index (χ1v) is 33.8. The summed E-state index contributed by atoms with van der Waals surface area (Å²) in [6.07, 6.45) is 83.8. The second-order valence-electron chi connectivity index (χ2n) is 22.7. The van der Waals surface area contributed by atoms with Crippen molar-refractivity contribution in [2.75, 3.05) is 13.2 Å². The second-order valence-corrected chi connectivity index (χ2v) is 22.7. The molecule has 0 saturated heterocycles. The van der Waals surface area contributed by atoms with E-state index in [-0.39, 0.29) is 31.1 Å². The zero-order valence-corrected chi connectivity index (χ0v) is 51.5. The predicted octanol–water partition coefficient (Wildman–Crippen LogP) is 23.1. The molecule has 0 aliphatic rings. The molecule has 0 aromatic carbocycles. The highest BCUT2D eigenvalue weighted by Gasteiger charge is 2.19. The smallest absolute Gasteiger partial charge is 0.306 e. The molecule has 0 heterocycles. The number of carbonyl (C=O) groups excluding carboxylic acids is 3. The maximum Gasteiger partial charge on any atom is 0.306 e. The number of hydrogen-bond donors (Lipinski definition) is 0. The van der Waals surface area contributed by atoms with Crippen LogP contribution in [0.15, 0.2) is 60.8 Å². The lowest BCUT2D eigenvalue weighted by Crippen LogP contribution is -2.30. The van der Waals surface area contributed by atoms with Crippen LogP contribution < -0.4 is 0 Å². The summed E-state index contributed by atoms with van der Waals surface area (Å²) in [5.74, 6) is -0.866. The molecule has 0 amide bonds. The molecule has 0 spiro atoms. The number of unbranched alkanes of at least 4 members (excludes halogenated alkanes) is 41. The number of ether oxygens (including phenoxy) is 3. The molecule has 0 fully saturated rings. The Bertz CT molecular complexity index is 1380. The molecule has 0 N–H and O–H groups in total. The van der Waals surface area contributed by atoms with Crippen LogP contribution in [0, 0.1) is 0 Å². The van der Waals surface area contributed by atoms with Gasteiger partial charge in [-0.2, -0.15) is 0 Å². The van der Waals surface area contributed by atoms with Crippen molar-refractivity contribution in [1.82, 2.24) is 0 Å². The summed E-state index contributed by atoms with van der Waals surface area (Å²) >= 11 is 0. The predicted molar refractivity (Wildman–Crippen MR) is 335 cm³/mol. The van der Waals surface area contributed by atoms with Gasteiger partial charge in [0.05, 0.1) is 0 Å². The fourth-order valence-corrected chi connectivity index (χ4v) is 9.96. The van der Waals surface area contributed by atoms with Gasteiger partial charge in [0.1, 0.15) is 13.2 Å². The highest BCUT2D eigenvalue weighted by Crippen LogP contribution is 2.18. The zero-order chi connectivity index (χ0) is 55.7. The third-order valence-electron chi connectivity index (χ3n) is 15.0. The van der Waals surface area contributed by atoms with Crippen LogP contribution in [0.5, 0.6) is 0 Å². The van der Waals surface area contributed by atoms with Crippen molar-refractivity contribution < 1.29 is 28.6 Å². The molecule has 0 radical (unpaired) electrons. The van der Waals surface area contributed by atoms with Crippen LogP contribution in [0.3, 0.4) is 0 Å². The average molecular weight is 1080 g/mol. The molecule has 0 aliphatic heterocycles. The maximum atomic E-state index is 12.9. The third-order valence-corrected chi connectivity index (χ3v) is 15.0. The van der Waals surface area contributed by atoms with Crippen molar-refractivity contribution in [3.8, 4) is 0 Å². The SMILES string of the molecule is CC/C=C\C/C=C\C/C=C\C/C=C\CCCCCCCCCCCCC(=O)OCC(COC(=O)CCCCCCC/C=C\CCCCCC)OC(=O)CCCCCCCCCCCCCCCCCCCCCCCCC. The Balaban J connectivity index is 4.28. The molecule has 0 aromatic heterocycles. The number of hydrogen-bond acceptors (Lipinski definition) is 6. The summed E-state index contributed by atoms with van der Waals surface area (Å²) in [5.41, 5.74) is 0. The lowest BCUT2D eigenvalue weighted by Gasteiger charge is -2.18. The van der Waals surface area contributed by atoms with Crippen molar-refractivity contribution in [3.05, 3.63) is 60.8 Å². The zero-order valence-electron chi connectivity index (χ0n) is 51.5. The van der Waals surface area contributed by atoms with E-state index in [0.29, 0.717) is 19.3 Å². The number of rotatable bonds is 62. The van der Waals surface area contributed by atoms with Gasteiger partial charge < -0.3 is 14.2 Å². The Morgan fingerprint density at radius 1 is 0.273 bits per heavy atom. The summed E-state index contributed by atoms with van der Waals surface area (Å²) in [6, 6.07) is 0. The summed E-state index contributed by atoms with van der Waals surface area (Å²) in [5, 5.41) is 0. The van der Waals surface area contributed by atoms with E-state index >= 15 is 0 Å². The van der Waals surface area contributed by atoms with E-state index in [1.54, 1.807) is 0 Å². The van der Waals surface area contributed by atoms with Crippen LogP contribution in [0.2, 0.25) is 0 Å². The van der Waals surface area contributed by atoms with Gasteiger partial charge in [0.2, 0.25) is 0 Å². The minimum atomic E-state index is -0.778. The van der Waals surface area contributed by atoms with Crippen LogP contribution in [0.4, 0.5) is 0 Å². The largest absolute Gasteiger partial charge is 0.462 e. The standard InChI is InChI=1S/C71H128O6/c1-4-7-10-13-16-19-22-25-27-29-31-33-35-37-39-41-43-46-49-52-55-58-61-64-70(73)76-67-68(66-75-69(72)63-60-57-54-51-48-45-24-21-18-15-12-9-6-3)77-71(74)65-62-59-56-53-50-47-44-42-40-38-36-34-32-30-28-26-23-20-17-14-11-8-5-2/h7,10,16,19,21,24-25,27,31,33,68H,4-6,8-9,11-15,17-18,20,22-23,26,28-30,32,34-67H2,1-3H3/b10-7-,19-16-,24-21-,27-25-,33-31-. The Morgan fingerprint density at radius 2 is 0.506 bits per heavy atom. The van der Waals surface area contributed by atoms with E-state index in [0.717, 1.165) is 89.9 Å². The Morgan fingerprint density at radius 3 is 0.818 bits per heavy atom. The first kappa shape index (κ1) is 74.1. The molecular weight excluding hydrogens is 949 g/mol. The molecule has 6 nitrogen and oxygen atoms in total. The van der Waals surface area contributed by atoms with Crippen LogP contribution in [-0.2, 0) is 28.6 Å². The molecule has 1 atom stereocenters. The van der Waals surface area contributed by atoms with Crippen molar-refractivity contribution in [2.24, 2.45) is 0 Å². The minimum Gasteiger partial charge on any atom is -0.462 e. The highest BCUT2D eigenvalue weighted by molar-refractivity contribution is 5.71. The molecule has 6 heteroatoms. The van der Waals surface area contributed by atoms with Gasteiger partial charge in [-0.05, 0) is 83.5 Å². The van der Waals surface area contributed by atoms with Gasteiger partial charge in [-0.15, -0.1) is 0 Å². The number of allylic oxidation sites excluding steroid dienone is 10. The Labute approximate surface area is 479 Å². The van der Waals surface area contributed by atoms with Gasteiger partial charge >= 0.3 is 17.9 Å². The quantitative estimate of drug-likeness (QED) is 0.0261. The topological polar surface area (TPSA) is 78.9 Å². The molecule has 77 heavy (non-hydrogen) atoms. The molecule has 0 bridgehead atoms. The van der Waals surface area contributed by atoms with Crippen molar-refractivity contribution in [3.63, 3.8) is 0 Å². The molecule has 448 valence electrons. The second kappa shape index (κ2) is 65.6. The molecule has 0 saturated carbocycles. The van der Waals surface area contributed by atoms with E-state index in [2.05, 4.69) is 81.5 Å². The minimum absolute atomic E-state index is 0.0755. The summed E-state index contributed by atoms with van der Waals surface area (Å²) in [7, 11) is 0. The fourth-order valence-electron chi connectivity index (χ4n) is 9.96. The monoisotopic (exact) mass is 1080 g/mol. The fraction of sp³-hybridized carbons (Fsp3) is 0.817. The molecular formula is C71H128O6. The van der Waals surface area contributed by atoms with Gasteiger partial charge in [0.15, 0.2) is 6.10 Å². The summed E-state index contributed by atoms with van der Waals surface area (Å²) in [6.45, 7) is 6.56. The molecule has 0 aromatic rings. The Hall–Kier alpha value is -2.89. The molecule has 0 aliphatic carbocycles. The van der Waals surface area contributed by atoms with Crippen LogP contribution in [-0.4, -0.2) is 37.2 Å². The number of esters is 3. The van der Waals surface area contributed by atoms with Crippen LogP contribution in [0.25, 0.3) is 0 Å². The molecule has 0 rings (SSSR count). The summed E-state index contributed by atoms with van der Waals surface area (Å²) in [4.78, 5) is 38.4. The van der Waals surface area contributed by atoms with Gasteiger partial charge in [-0.3, -0.25) is 14.4 Å². The normalized spacial score (nSPS) is 12.4. The van der Waals surface area contributed by atoms with Crippen molar-refractivity contribution >= 4 is 17.9 Å². The van der Waals surface area contributed by atoms with Crippen LogP contribution >= 0.6 is 0 Å². The molecule has 1 unspecified atom stereocenters. The number of carbonyl (C=O) groups is 3. The van der Waals surface area contributed by atoms with E-state index in [1.165, 1.54) is 225 Å². The third kappa shape index (κ3) is 63.8. The van der Waals surface area contributed by atoms with E-state index in [1.807, 2.05) is 0 Å². The van der Waals surface area contributed by atoms with Crippen molar-refractivity contribution in [2.45, 2.75) is 361 Å². The maximum absolute atomic E-state index is 12.9. The first-order chi connectivity index (χ1) is 38.0. The van der Waals surface area contributed by atoms with Gasteiger partial charge in [0.25, 0.3) is 0 Å². The lowest BCUT2D eigenvalue weighted by molar-refractivity contribution is -0.167. The first-order valence-electron chi connectivity index (χ1n) is 33.8. The van der Waals surface area contributed by atoms with Crippen LogP contribution in [0.1, 0.15) is 355 Å². The Kier molecular flexibility index (Phi) is 63.2. The van der Waals surface area contributed by atoms with Gasteiger partial charge in [-0.1, -0.05) is 313 Å². The highest BCUT2D eigenvalue weighted by atomic mass is 16.6. The van der Waals surface area contributed by atoms with Gasteiger partial charge in [0, 0.05) is 19.3 Å². The van der Waals surface area contributed by atoms with E-state index in [4.69, 9.17) is 14.2 Å². The average Bonchev–Trinajstić information content (AvgIpc) is 3.43. The van der Waals surface area contributed by atoms with E-state index < -0.39 is 6.10 Å². The summed E-state index contributed by atoms with van der Waals surface area (Å²) < 4.78 is 17.0. The van der Waals surface area contributed by atoms with Crippen molar-refractivity contribution in [1.29, 1.82) is 0 Å². The van der Waals surface area contributed by atoms with E-state index in [9.17, 15) is 14.4 Å².